The average Bonchev–Trinajstić information content (AvgIpc) is 2.80. The molecule has 1 fully saturated rings. The fourth-order valence-corrected chi connectivity index (χ4v) is 2.80. The summed E-state index contributed by atoms with van der Waals surface area (Å²) in [5, 5.41) is 3.69. The Balaban J connectivity index is 2.43. The first-order valence-electron chi connectivity index (χ1n) is 7.12. The largest absolute Gasteiger partial charge is 0.313 e. The average molecular weight is 226 g/mol. The molecule has 0 radical (unpaired) electrons. The maximum absolute atomic E-state index is 3.69. The Morgan fingerprint density at radius 3 is 2.38 bits per heavy atom. The second-order valence-electron chi connectivity index (χ2n) is 5.41. The lowest BCUT2D eigenvalue weighted by molar-refractivity contribution is 0.196. The summed E-state index contributed by atoms with van der Waals surface area (Å²) in [5.74, 6) is 0.923. The van der Waals surface area contributed by atoms with Gasteiger partial charge in [-0.05, 0) is 45.7 Å². The third-order valence-corrected chi connectivity index (χ3v) is 4.26. The zero-order valence-electron chi connectivity index (χ0n) is 11.6. The molecule has 2 atom stereocenters. The molecule has 0 aromatic carbocycles. The van der Waals surface area contributed by atoms with Gasteiger partial charge in [-0.2, -0.15) is 0 Å². The summed E-state index contributed by atoms with van der Waals surface area (Å²) in [7, 11) is 2.27. The molecule has 0 bridgehead atoms. The summed E-state index contributed by atoms with van der Waals surface area (Å²) in [6.45, 7) is 9.16. The molecular formula is C14H30N2. The molecule has 0 heterocycles. The molecule has 2 heteroatoms. The van der Waals surface area contributed by atoms with Crippen LogP contribution in [0.5, 0.6) is 0 Å². The van der Waals surface area contributed by atoms with Crippen LogP contribution in [0.15, 0.2) is 0 Å². The highest BCUT2D eigenvalue weighted by molar-refractivity contribution is 4.83. The Morgan fingerprint density at radius 1 is 1.25 bits per heavy atom. The van der Waals surface area contributed by atoms with E-state index in [-0.39, 0.29) is 0 Å². The minimum atomic E-state index is 0.711. The van der Waals surface area contributed by atoms with Gasteiger partial charge >= 0.3 is 0 Å². The monoisotopic (exact) mass is 226 g/mol. The molecule has 1 rings (SSSR count). The summed E-state index contributed by atoms with van der Waals surface area (Å²) < 4.78 is 0. The minimum Gasteiger partial charge on any atom is -0.313 e. The SMILES string of the molecule is CCNC(CN(C)C(C)CC)C1CCCC1. The van der Waals surface area contributed by atoms with E-state index in [1.807, 2.05) is 0 Å². The third-order valence-electron chi connectivity index (χ3n) is 4.26. The van der Waals surface area contributed by atoms with Gasteiger partial charge in [-0.25, -0.2) is 0 Å². The van der Waals surface area contributed by atoms with Crippen LogP contribution in [-0.2, 0) is 0 Å². The zero-order valence-corrected chi connectivity index (χ0v) is 11.6. The van der Waals surface area contributed by atoms with E-state index < -0.39 is 0 Å². The number of nitrogens with one attached hydrogen (secondary N) is 1. The van der Waals surface area contributed by atoms with Crippen LogP contribution < -0.4 is 5.32 Å². The summed E-state index contributed by atoms with van der Waals surface area (Å²) in [6, 6.07) is 1.43. The van der Waals surface area contributed by atoms with Crippen LogP contribution in [0.2, 0.25) is 0 Å². The number of nitrogens with zero attached hydrogens (tertiary/aromatic N) is 1. The molecule has 1 aliphatic rings. The highest BCUT2D eigenvalue weighted by Gasteiger charge is 2.25. The third kappa shape index (κ3) is 4.06. The van der Waals surface area contributed by atoms with Gasteiger partial charge < -0.3 is 10.2 Å². The van der Waals surface area contributed by atoms with Crippen LogP contribution in [0.3, 0.4) is 0 Å². The smallest absolute Gasteiger partial charge is 0.0223 e. The zero-order chi connectivity index (χ0) is 12.0. The molecule has 0 spiro atoms. The Labute approximate surface area is 102 Å². The van der Waals surface area contributed by atoms with Crippen molar-refractivity contribution in [1.29, 1.82) is 0 Å². The van der Waals surface area contributed by atoms with Crippen LogP contribution in [0.4, 0.5) is 0 Å². The molecule has 2 nitrogen and oxygen atoms in total. The molecule has 16 heavy (non-hydrogen) atoms. The van der Waals surface area contributed by atoms with Crippen molar-refractivity contribution in [3.8, 4) is 0 Å². The van der Waals surface area contributed by atoms with Crippen molar-refractivity contribution in [1.82, 2.24) is 10.2 Å². The fourth-order valence-electron chi connectivity index (χ4n) is 2.80. The van der Waals surface area contributed by atoms with Gasteiger partial charge in [0.15, 0.2) is 0 Å². The minimum absolute atomic E-state index is 0.711. The van der Waals surface area contributed by atoms with Crippen molar-refractivity contribution in [3.63, 3.8) is 0 Å². The molecule has 0 aromatic heterocycles. The van der Waals surface area contributed by atoms with Crippen LogP contribution in [0, 0.1) is 5.92 Å². The number of rotatable bonds is 7. The van der Waals surface area contributed by atoms with Crippen LogP contribution >= 0.6 is 0 Å². The van der Waals surface area contributed by atoms with E-state index in [1.165, 1.54) is 38.6 Å². The lowest BCUT2D eigenvalue weighted by Gasteiger charge is -2.32. The van der Waals surface area contributed by atoms with Gasteiger partial charge in [0.05, 0.1) is 0 Å². The van der Waals surface area contributed by atoms with E-state index in [0.29, 0.717) is 12.1 Å². The van der Waals surface area contributed by atoms with E-state index in [9.17, 15) is 0 Å². The molecule has 0 aliphatic heterocycles. The Kier molecular flexibility index (Phi) is 6.37. The van der Waals surface area contributed by atoms with Crippen LogP contribution in [0.25, 0.3) is 0 Å². The van der Waals surface area contributed by atoms with Crippen molar-refractivity contribution in [3.05, 3.63) is 0 Å². The fraction of sp³-hybridized carbons (Fsp3) is 1.00. The number of hydrogen-bond donors (Lipinski definition) is 1. The maximum atomic E-state index is 3.69. The Bertz CT molecular complexity index is 176. The summed E-state index contributed by atoms with van der Waals surface area (Å²) in [5.41, 5.74) is 0. The highest BCUT2D eigenvalue weighted by Crippen LogP contribution is 2.28. The summed E-state index contributed by atoms with van der Waals surface area (Å²) in [4.78, 5) is 2.52. The van der Waals surface area contributed by atoms with E-state index >= 15 is 0 Å². The lowest BCUT2D eigenvalue weighted by Crippen LogP contribution is -2.46. The molecule has 96 valence electrons. The molecule has 1 N–H and O–H groups in total. The van der Waals surface area contributed by atoms with Crippen molar-refractivity contribution < 1.29 is 0 Å². The molecule has 1 aliphatic carbocycles. The second kappa shape index (κ2) is 7.29. The van der Waals surface area contributed by atoms with Gasteiger partial charge in [0.1, 0.15) is 0 Å². The summed E-state index contributed by atoms with van der Waals surface area (Å²) in [6.07, 6.45) is 7.01. The van der Waals surface area contributed by atoms with Gasteiger partial charge in [0, 0.05) is 18.6 Å². The summed E-state index contributed by atoms with van der Waals surface area (Å²) >= 11 is 0. The number of likely N-dealkylation sites (N-methyl/N-ethyl adjacent to an activating group) is 2. The van der Waals surface area contributed by atoms with Crippen LogP contribution in [0.1, 0.15) is 52.9 Å². The standard InChI is InChI=1S/C14H30N2/c1-5-12(3)16(4)11-14(15-6-2)13-9-7-8-10-13/h12-15H,5-11H2,1-4H3. The second-order valence-corrected chi connectivity index (χ2v) is 5.41. The molecule has 2 unspecified atom stereocenters. The maximum Gasteiger partial charge on any atom is 0.0223 e. The molecule has 0 saturated heterocycles. The van der Waals surface area contributed by atoms with Crippen LogP contribution in [-0.4, -0.2) is 37.1 Å². The molecule has 0 aromatic rings. The lowest BCUT2D eigenvalue weighted by atomic mass is 9.97. The first-order valence-corrected chi connectivity index (χ1v) is 7.12. The van der Waals surface area contributed by atoms with Crippen molar-refractivity contribution in [2.75, 3.05) is 20.1 Å². The van der Waals surface area contributed by atoms with Gasteiger partial charge in [-0.15, -0.1) is 0 Å². The topological polar surface area (TPSA) is 15.3 Å². The predicted octanol–water partition coefficient (Wildman–Crippen LogP) is 2.89. The van der Waals surface area contributed by atoms with Gasteiger partial charge in [0.25, 0.3) is 0 Å². The van der Waals surface area contributed by atoms with E-state index in [2.05, 4.69) is 38.0 Å². The number of hydrogen-bond acceptors (Lipinski definition) is 2. The molecule has 1 saturated carbocycles. The Hall–Kier alpha value is -0.0800. The van der Waals surface area contributed by atoms with E-state index in [4.69, 9.17) is 0 Å². The van der Waals surface area contributed by atoms with E-state index in [1.54, 1.807) is 0 Å². The molecule has 0 amide bonds. The van der Waals surface area contributed by atoms with Crippen molar-refractivity contribution >= 4 is 0 Å². The van der Waals surface area contributed by atoms with Crippen molar-refractivity contribution in [2.45, 2.75) is 65.0 Å². The first kappa shape index (κ1) is 14.0. The predicted molar refractivity (Wildman–Crippen MR) is 71.8 cm³/mol. The Morgan fingerprint density at radius 2 is 1.88 bits per heavy atom. The van der Waals surface area contributed by atoms with Crippen molar-refractivity contribution in [2.24, 2.45) is 5.92 Å². The highest BCUT2D eigenvalue weighted by atomic mass is 15.1. The van der Waals surface area contributed by atoms with E-state index in [0.717, 1.165) is 12.5 Å². The van der Waals surface area contributed by atoms with Gasteiger partial charge in [-0.1, -0.05) is 26.7 Å². The normalized spacial score (nSPS) is 21.6. The first-order chi connectivity index (χ1) is 7.69. The van der Waals surface area contributed by atoms with Gasteiger partial charge in [0.2, 0.25) is 0 Å². The van der Waals surface area contributed by atoms with Gasteiger partial charge in [-0.3, -0.25) is 0 Å². The molecular weight excluding hydrogens is 196 g/mol. The quantitative estimate of drug-likeness (QED) is 0.718.